The molecule has 0 spiro atoms. The number of hydrogen-bond donors (Lipinski definition) is 1. The van der Waals surface area contributed by atoms with Crippen LogP contribution < -0.4 is 0 Å². The molecule has 1 N–H and O–H groups in total. The largest absolute Gasteiger partial charge is 0.507 e. The highest BCUT2D eigenvalue weighted by Gasteiger charge is 2.24. The summed E-state index contributed by atoms with van der Waals surface area (Å²) in [5, 5.41) is 11.9. The molecule has 0 bridgehead atoms. The molecule has 5 aromatic rings. The van der Waals surface area contributed by atoms with Gasteiger partial charge in [-0.25, -0.2) is 0 Å². The fourth-order valence-corrected chi connectivity index (χ4v) is 10.1. The molecule has 4 aromatic carbocycles. The van der Waals surface area contributed by atoms with Crippen molar-refractivity contribution in [3.63, 3.8) is 0 Å². The van der Waals surface area contributed by atoms with Crippen molar-refractivity contribution in [1.82, 2.24) is 19.6 Å². The standard InChI is InChI=1S/C41H46N4OS3/c1-30-10-6-8-14-33(30)26-42-16-20-44(21-17-42)28-36-24-35(40-38(41(47)49-48-40)32-12-4-3-5-13-32)25-37(39(36)46)29-45-22-18-43(19-23-45)27-34-15-9-7-11-31(34)2/h3-15,24-25,46H,16-23,26-29H2,1-2H3. The van der Waals surface area contributed by atoms with Crippen molar-refractivity contribution in [2.75, 3.05) is 52.4 Å². The van der Waals surface area contributed by atoms with Gasteiger partial charge in [-0.05, 0) is 59.4 Å². The van der Waals surface area contributed by atoms with Crippen molar-refractivity contribution in [1.29, 1.82) is 0 Å². The van der Waals surface area contributed by atoms with Crippen molar-refractivity contribution in [3.8, 4) is 27.3 Å². The van der Waals surface area contributed by atoms with Crippen LogP contribution in [0.5, 0.6) is 5.75 Å². The molecular formula is C41H46N4OS3. The van der Waals surface area contributed by atoms with Crippen LogP contribution in [0.3, 0.4) is 0 Å². The minimum atomic E-state index is 0.452. The summed E-state index contributed by atoms with van der Waals surface area (Å²) in [6, 6.07) is 32.4. The van der Waals surface area contributed by atoms with E-state index in [2.05, 4.69) is 124 Å². The molecule has 2 fully saturated rings. The maximum absolute atomic E-state index is 11.9. The number of aromatic hydroxyl groups is 1. The maximum atomic E-state index is 11.9. The second-order valence-electron chi connectivity index (χ2n) is 13.6. The molecule has 7 rings (SSSR count). The first-order chi connectivity index (χ1) is 23.9. The molecule has 3 heterocycles. The molecule has 2 saturated heterocycles. The number of hydrogen-bond acceptors (Lipinski definition) is 8. The fraction of sp³-hybridized carbons (Fsp3) is 0.341. The quantitative estimate of drug-likeness (QED) is 0.116. The summed E-state index contributed by atoms with van der Waals surface area (Å²) in [6.45, 7) is 15.9. The van der Waals surface area contributed by atoms with E-state index in [9.17, 15) is 5.11 Å². The van der Waals surface area contributed by atoms with Gasteiger partial charge >= 0.3 is 0 Å². The van der Waals surface area contributed by atoms with Crippen LogP contribution in [0.1, 0.15) is 33.4 Å². The van der Waals surface area contributed by atoms with Gasteiger partial charge in [0.25, 0.3) is 0 Å². The summed E-state index contributed by atoms with van der Waals surface area (Å²) < 4.78 is 0.928. The third-order valence-corrected chi connectivity index (χ3v) is 13.3. The number of rotatable bonds is 10. The van der Waals surface area contributed by atoms with E-state index in [1.165, 1.54) is 27.1 Å². The highest BCUT2D eigenvalue weighted by atomic mass is 32.9. The molecule has 0 aliphatic carbocycles. The molecule has 5 nitrogen and oxygen atoms in total. The Kier molecular flexibility index (Phi) is 11.0. The Morgan fingerprint density at radius 2 is 0.939 bits per heavy atom. The van der Waals surface area contributed by atoms with Crippen LogP contribution in [0, 0.1) is 17.7 Å². The molecule has 0 saturated carbocycles. The van der Waals surface area contributed by atoms with Crippen LogP contribution in [0.4, 0.5) is 0 Å². The number of aryl methyl sites for hydroxylation is 2. The summed E-state index contributed by atoms with van der Waals surface area (Å²) in [4.78, 5) is 11.3. The number of phenolic OH excluding ortho intramolecular Hbond substituents is 1. The van der Waals surface area contributed by atoms with Gasteiger partial charge in [0.15, 0.2) is 0 Å². The third kappa shape index (κ3) is 8.24. The predicted molar refractivity (Wildman–Crippen MR) is 209 cm³/mol. The lowest BCUT2D eigenvalue weighted by Gasteiger charge is -2.36. The van der Waals surface area contributed by atoms with E-state index in [1.807, 2.05) is 0 Å². The van der Waals surface area contributed by atoms with Gasteiger partial charge in [0, 0.05) is 95.2 Å². The first-order valence-corrected chi connectivity index (χ1v) is 20.0. The number of phenols is 1. The van der Waals surface area contributed by atoms with E-state index in [4.69, 9.17) is 12.2 Å². The Morgan fingerprint density at radius 3 is 1.39 bits per heavy atom. The highest BCUT2D eigenvalue weighted by molar-refractivity contribution is 7.80. The number of piperazine rings is 2. The fourth-order valence-electron chi connectivity index (χ4n) is 7.18. The first-order valence-electron chi connectivity index (χ1n) is 17.4. The van der Waals surface area contributed by atoms with Crippen LogP contribution in [0.25, 0.3) is 21.6 Å². The summed E-state index contributed by atoms with van der Waals surface area (Å²) in [5.74, 6) is 0.452. The average molecular weight is 707 g/mol. The zero-order valence-corrected chi connectivity index (χ0v) is 31.1. The Balaban J connectivity index is 1.11. The van der Waals surface area contributed by atoms with Crippen LogP contribution in [0.15, 0.2) is 91.0 Å². The van der Waals surface area contributed by atoms with Crippen LogP contribution in [-0.4, -0.2) is 77.1 Å². The van der Waals surface area contributed by atoms with E-state index in [1.54, 1.807) is 20.7 Å². The third-order valence-electron chi connectivity index (χ3n) is 10.3. The van der Waals surface area contributed by atoms with Gasteiger partial charge in [-0.2, -0.15) is 0 Å². The Labute approximate surface area is 304 Å². The first kappa shape index (κ1) is 34.2. The summed E-state index contributed by atoms with van der Waals surface area (Å²) in [5.41, 5.74) is 11.0. The minimum absolute atomic E-state index is 0.452. The highest BCUT2D eigenvalue weighted by Crippen LogP contribution is 2.43. The van der Waals surface area contributed by atoms with Crippen LogP contribution in [-0.2, 0) is 26.2 Å². The van der Waals surface area contributed by atoms with Gasteiger partial charge in [0.1, 0.15) is 9.57 Å². The zero-order valence-electron chi connectivity index (χ0n) is 28.6. The normalized spacial score (nSPS) is 16.7. The molecule has 254 valence electrons. The molecule has 0 unspecified atom stereocenters. The molecule has 8 heteroatoms. The summed E-state index contributed by atoms with van der Waals surface area (Å²) in [7, 11) is 3.43. The number of nitrogens with zero attached hydrogens (tertiary/aromatic N) is 4. The molecule has 0 amide bonds. The summed E-state index contributed by atoms with van der Waals surface area (Å²) in [6.07, 6.45) is 0. The lowest BCUT2D eigenvalue weighted by Crippen LogP contribution is -2.45. The van der Waals surface area contributed by atoms with E-state index in [-0.39, 0.29) is 0 Å². The smallest absolute Gasteiger partial charge is 0.124 e. The summed E-state index contributed by atoms with van der Waals surface area (Å²) >= 11 is 5.89. The zero-order chi connectivity index (χ0) is 33.7. The Hall–Kier alpha value is -3.21. The van der Waals surface area contributed by atoms with Crippen LogP contribution in [0.2, 0.25) is 0 Å². The molecule has 49 heavy (non-hydrogen) atoms. The molecule has 0 atom stereocenters. The van der Waals surface area contributed by atoms with E-state index >= 15 is 0 Å². The SMILES string of the molecule is Cc1ccccc1CN1CCN(Cc2cc(-c3ssc(=S)c3-c3ccccc3)cc(CN3CCN(Cc4ccccc4C)CC3)c2O)CC1. The second-order valence-corrected chi connectivity index (χ2v) is 16.4. The van der Waals surface area contributed by atoms with Gasteiger partial charge in [0.2, 0.25) is 0 Å². The molecule has 2 aliphatic rings. The Bertz CT molecular complexity index is 1830. The average Bonchev–Trinajstić information content (AvgIpc) is 3.51. The molecule has 1 aromatic heterocycles. The van der Waals surface area contributed by atoms with Crippen molar-refractivity contribution >= 4 is 32.9 Å². The van der Waals surface area contributed by atoms with Crippen molar-refractivity contribution in [2.45, 2.75) is 40.0 Å². The Morgan fingerprint density at radius 1 is 0.531 bits per heavy atom. The van der Waals surface area contributed by atoms with Gasteiger partial charge in [-0.3, -0.25) is 19.6 Å². The predicted octanol–water partition coefficient (Wildman–Crippen LogP) is 8.83. The lowest BCUT2D eigenvalue weighted by atomic mass is 9.98. The van der Waals surface area contributed by atoms with E-state index in [0.29, 0.717) is 5.75 Å². The van der Waals surface area contributed by atoms with Crippen molar-refractivity contribution < 1.29 is 5.11 Å². The van der Waals surface area contributed by atoms with Gasteiger partial charge < -0.3 is 5.11 Å². The lowest BCUT2D eigenvalue weighted by molar-refractivity contribution is 0.119. The van der Waals surface area contributed by atoms with E-state index in [0.717, 1.165) is 110 Å². The van der Waals surface area contributed by atoms with Gasteiger partial charge in [0.05, 0.1) is 4.88 Å². The maximum Gasteiger partial charge on any atom is 0.124 e. The molecule has 2 aliphatic heterocycles. The minimum Gasteiger partial charge on any atom is -0.507 e. The van der Waals surface area contributed by atoms with Crippen LogP contribution >= 0.6 is 32.9 Å². The van der Waals surface area contributed by atoms with Crippen molar-refractivity contribution in [2.24, 2.45) is 0 Å². The van der Waals surface area contributed by atoms with Gasteiger partial charge in [-0.1, -0.05) is 112 Å². The van der Waals surface area contributed by atoms with E-state index < -0.39 is 0 Å². The number of benzene rings is 4. The van der Waals surface area contributed by atoms with Crippen molar-refractivity contribution in [3.05, 3.63) is 128 Å². The van der Waals surface area contributed by atoms with Gasteiger partial charge in [-0.15, -0.1) is 0 Å². The second kappa shape index (κ2) is 15.8. The topological polar surface area (TPSA) is 33.2 Å². The monoisotopic (exact) mass is 706 g/mol. The molecular weight excluding hydrogens is 661 g/mol. The molecule has 0 radical (unpaired) electrons.